The van der Waals surface area contributed by atoms with Crippen LogP contribution in [-0.4, -0.2) is 38.9 Å². The number of carbonyl (C=O) groups excluding carboxylic acids is 1. The monoisotopic (exact) mass is 403 g/mol. The van der Waals surface area contributed by atoms with Crippen LogP contribution in [0.4, 0.5) is 5.69 Å². The van der Waals surface area contributed by atoms with Gasteiger partial charge in [-0.05, 0) is 55.8 Å². The summed E-state index contributed by atoms with van der Waals surface area (Å²) < 4.78 is 12.8. The first-order valence-electron chi connectivity index (χ1n) is 9.43. The number of anilines is 1. The average molecular weight is 403 g/mol. The van der Waals surface area contributed by atoms with Gasteiger partial charge in [0.15, 0.2) is 23.3 Å². The van der Waals surface area contributed by atoms with E-state index >= 15 is 0 Å². The molecule has 1 atom stereocenters. The lowest BCUT2D eigenvalue weighted by molar-refractivity contribution is -0.122. The van der Waals surface area contributed by atoms with E-state index in [1.54, 1.807) is 30.9 Å². The van der Waals surface area contributed by atoms with E-state index in [-0.39, 0.29) is 5.91 Å². The van der Waals surface area contributed by atoms with E-state index in [2.05, 4.69) is 20.6 Å². The third-order valence-corrected chi connectivity index (χ3v) is 4.58. The van der Waals surface area contributed by atoms with Gasteiger partial charge in [-0.1, -0.05) is 18.2 Å². The van der Waals surface area contributed by atoms with Crippen molar-refractivity contribution in [3.63, 3.8) is 0 Å². The van der Waals surface area contributed by atoms with Gasteiger partial charge in [0, 0.05) is 11.3 Å². The highest BCUT2D eigenvalue weighted by Gasteiger charge is 2.17. The fraction of sp³-hybridized carbons (Fsp3) is 0.182. The van der Waals surface area contributed by atoms with Crippen LogP contribution >= 0.6 is 0 Å². The smallest absolute Gasteiger partial charge is 0.265 e. The molecule has 2 aromatic carbocycles. The summed E-state index contributed by atoms with van der Waals surface area (Å²) >= 11 is 0. The molecule has 152 valence electrons. The second-order valence-electron chi connectivity index (χ2n) is 6.84. The van der Waals surface area contributed by atoms with E-state index in [1.807, 2.05) is 55.5 Å². The number of rotatable bonds is 6. The minimum Gasteiger partial charge on any atom is -0.493 e. The van der Waals surface area contributed by atoms with Crippen molar-refractivity contribution in [2.24, 2.45) is 0 Å². The highest BCUT2D eigenvalue weighted by Crippen LogP contribution is 2.29. The number of ether oxygens (including phenoxy) is 2. The standard InChI is InChI=1S/C22H21N5O3/c1-14-7-9-19(20(11-14)29-3)30-15(2)22(28)24-17-6-4-5-16(12-17)18-8-10-21-25-23-13-27(21)26-18/h4-13,15H,1-3H3,(H,24,28). The van der Waals surface area contributed by atoms with Crippen molar-refractivity contribution in [1.82, 2.24) is 19.8 Å². The Morgan fingerprint density at radius 3 is 2.80 bits per heavy atom. The third-order valence-electron chi connectivity index (χ3n) is 4.58. The summed E-state index contributed by atoms with van der Waals surface area (Å²) in [4.78, 5) is 12.7. The van der Waals surface area contributed by atoms with Crippen molar-refractivity contribution in [2.45, 2.75) is 20.0 Å². The highest BCUT2D eigenvalue weighted by atomic mass is 16.5. The normalized spacial score (nSPS) is 11.8. The number of methoxy groups -OCH3 is 1. The molecule has 4 rings (SSSR count). The maximum absolute atomic E-state index is 12.7. The van der Waals surface area contributed by atoms with Gasteiger partial charge < -0.3 is 14.8 Å². The quantitative estimate of drug-likeness (QED) is 0.530. The fourth-order valence-corrected chi connectivity index (χ4v) is 3.00. The average Bonchev–Trinajstić information content (AvgIpc) is 3.23. The molecule has 0 aliphatic rings. The van der Waals surface area contributed by atoms with Gasteiger partial charge in [0.2, 0.25) is 0 Å². The van der Waals surface area contributed by atoms with Crippen molar-refractivity contribution in [3.05, 3.63) is 66.5 Å². The maximum atomic E-state index is 12.7. The molecule has 2 aromatic heterocycles. The lowest BCUT2D eigenvalue weighted by Gasteiger charge is -2.17. The maximum Gasteiger partial charge on any atom is 0.265 e. The van der Waals surface area contributed by atoms with E-state index in [0.29, 0.717) is 22.8 Å². The predicted octanol–water partition coefficient (Wildman–Crippen LogP) is 3.51. The van der Waals surface area contributed by atoms with Crippen LogP contribution in [0.2, 0.25) is 0 Å². The molecular weight excluding hydrogens is 382 g/mol. The van der Waals surface area contributed by atoms with Gasteiger partial charge in [0.25, 0.3) is 5.91 Å². The molecule has 0 aliphatic heterocycles. The molecule has 0 bridgehead atoms. The van der Waals surface area contributed by atoms with Gasteiger partial charge in [-0.2, -0.15) is 9.61 Å². The predicted molar refractivity (Wildman–Crippen MR) is 113 cm³/mol. The molecule has 1 N–H and O–H groups in total. The zero-order valence-electron chi connectivity index (χ0n) is 16.9. The molecule has 0 spiro atoms. The number of nitrogens with one attached hydrogen (secondary N) is 1. The first-order valence-corrected chi connectivity index (χ1v) is 9.43. The lowest BCUT2D eigenvalue weighted by Crippen LogP contribution is -2.30. The van der Waals surface area contributed by atoms with Crippen molar-refractivity contribution < 1.29 is 14.3 Å². The minimum absolute atomic E-state index is 0.267. The summed E-state index contributed by atoms with van der Waals surface area (Å²) in [6.45, 7) is 3.66. The largest absolute Gasteiger partial charge is 0.493 e. The van der Waals surface area contributed by atoms with Gasteiger partial charge in [0.1, 0.15) is 6.33 Å². The molecule has 0 aliphatic carbocycles. The second kappa shape index (κ2) is 8.20. The van der Waals surface area contributed by atoms with E-state index in [1.165, 1.54) is 0 Å². The zero-order valence-corrected chi connectivity index (χ0v) is 16.9. The van der Waals surface area contributed by atoms with E-state index in [9.17, 15) is 4.79 Å². The summed E-state index contributed by atoms with van der Waals surface area (Å²) in [5, 5.41) is 15.2. The van der Waals surface area contributed by atoms with Gasteiger partial charge in [-0.3, -0.25) is 4.79 Å². The number of carbonyl (C=O) groups is 1. The van der Waals surface area contributed by atoms with Crippen LogP contribution in [0.25, 0.3) is 16.9 Å². The van der Waals surface area contributed by atoms with E-state index in [0.717, 1.165) is 16.8 Å². The topological polar surface area (TPSA) is 90.6 Å². The Morgan fingerprint density at radius 1 is 1.10 bits per heavy atom. The lowest BCUT2D eigenvalue weighted by atomic mass is 10.1. The Bertz CT molecular complexity index is 1200. The van der Waals surface area contributed by atoms with E-state index in [4.69, 9.17) is 9.47 Å². The van der Waals surface area contributed by atoms with Gasteiger partial charge >= 0.3 is 0 Å². The number of fused-ring (bicyclic) bond motifs is 1. The zero-order chi connectivity index (χ0) is 21.1. The molecule has 8 nitrogen and oxygen atoms in total. The molecule has 2 heterocycles. The van der Waals surface area contributed by atoms with Crippen molar-refractivity contribution in [1.29, 1.82) is 0 Å². The third kappa shape index (κ3) is 4.07. The van der Waals surface area contributed by atoms with Crippen molar-refractivity contribution >= 4 is 17.2 Å². The molecule has 0 radical (unpaired) electrons. The number of amides is 1. The van der Waals surface area contributed by atoms with Gasteiger partial charge in [0.05, 0.1) is 12.8 Å². The Balaban J connectivity index is 1.48. The number of nitrogens with zero attached hydrogens (tertiary/aromatic N) is 4. The molecular formula is C22H21N5O3. The fourth-order valence-electron chi connectivity index (χ4n) is 3.00. The van der Waals surface area contributed by atoms with Crippen LogP contribution in [0.3, 0.4) is 0 Å². The van der Waals surface area contributed by atoms with Crippen LogP contribution in [0.5, 0.6) is 11.5 Å². The first-order chi connectivity index (χ1) is 14.5. The van der Waals surface area contributed by atoms with Crippen molar-refractivity contribution in [2.75, 3.05) is 12.4 Å². The number of aromatic nitrogens is 4. The minimum atomic E-state index is -0.711. The van der Waals surface area contributed by atoms with E-state index < -0.39 is 6.10 Å². The molecule has 0 saturated carbocycles. The Hall–Kier alpha value is -3.94. The molecule has 4 aromatic rings. The molecule has 30 heavy (non-hydrogen) atoms. The van der Waals surface area contributed by atoms with Crippen LogP contribution in [0.1, 0.15) is 12.5 Å². The van der Waals surface area contributed by atoms with Crippen LogP contribution in [-0.2, 0) is 4.79 Å². The van der Waals surface area contributed by atoms with Crippen LogP contribution in [0.15, 0.2) is 60.9 Å². The second-order valence-corrected chi connectivity index (χ2v) is 6.84. The molecule has 0 saturated heterocycles. The first kappa shape index (κ1) is 19.4. The van der Waals surface area contributed by atoms with Gasteiger partial charge in [-0.15, -0.1) is 10.2 Å². The van der Waals surface area contributed by atoms with Crippen LogP contribution < -0.4 is 14.8 Å². The number of benzene rings is 2. The Kier molecular flexibility index (Phi) is 5.30. The summed E-state index contributed by atoms with van der Waals surface area (Å²) in [6.07, 6.45) is 0.833. The number of hydrogen-bond donors (Lipinski definition) is 1. The SMILES string of the molecule is COc1cc(C)ccc1OC(C)C(=O)Nc1cccc(-c2ccc3nncn3n2)c1. The Morgan fingerprint density at radius 2 is 1.97 bits per heavy atom. The molecule has 1 unspecified atom stereocenters. The number of aryl methyl sites for hydroxylation is 1. The molecule has 8 heteroatoms. The van der Waals surface area contributed by atoms with Crippen LogP contribution in [0, 0.1) is 6.92 Å². The summed E-state index contributed by atoms with van der Waals surface area (Å²) in [5.41, 5.74) is 3.96. The summed E-state index contributed by atoms with van der Waals surface area (Å²) in [5.74, 6) is 0.843. The Labute approximate surface area is 173 Å². The molecule has 1 amide bonds. The van der Waals surface area contributed by atoms with Crippen molar-refractivity contribution in [3.8, 4) is 22.8 Å². The summed E-state index contributed by atoms with van der Waals surface area (Å²) in [7, 11) is 1.57. The highest BCUT2D eigenvalue weighted by molar-refractivity contribution is 5.94. The summed E-state index contributed by atoms with van der Waals surface area (Å²) in [6, 6.07) is 16.7. The number of hydrogen-bond acceptors (Lipinski definition) is 6. The van der Waals surface area contributed by atoms with Gasteiger partial charge in [-0.25, -0.2) is 0 Å². The molecule has 0 fully saturated rings.